The molecule has 0 atom stereocenters. The molecule has 3 aromatic rings. The van der Waals surface area contributed by atoms with Crippen LogP contribution >= 0.6 is 0 Å². The monoisotopic (exact) mass is 298 g/mol. The topological polar surface area (TPSA) is 61.3 Å². The second-order valence-corrected chi connectivity index (χ2v) is 5.46. The van der Waals surface area contributed by atoms with Crippen LogP contribution in [0.1, 0.15) is 24.5 Å². The van der Waals surface area contributed by atoms with Gasteiger partial charge in [0, 0.05) is 18.9 Å². The van der Waals surface area contributed by atoms with E-state index in [9.17, 15) is 9.59 Å². The molecule has 0 saturated carbocycles. The first-order chi connectivity index (χ1) is 10.5. The summed E-state index contributed by atoms with van der Waals surface area (Å²) in [5.41, 5.74) is 2.46. The molecule has 114 valence electrons. The first-order valence-electron chi connectivity index (χ1n) is 7.31. The van der Waals surface area contributed by atoms with Crippen molar-refractivity contribution in [3.63, 3.8) is 0 Å². The third-order valence-corrected chi connectivity index (χ3v) is 3.70. The van der Waals surface area contributed by atoms with Crippen LogP contribution in [0, 0.1) is 13.8 Å². The summed E-state index contributed by atoms with van der Waals surface area (Å²) in [6.45, 7) is 6.40. The van der Waals surface area contributed by atoms with E-state index in [2.05, 4.69) is 5.10 Å². The van der Waals surface area contributed by atoms with Crippen LogP contribution in [0.4, 0.5) is 0 Å². The van der Waals surface area contributed by atoms with Crippen molar-refractivity contribution < 1.29 is 0 Å². The smallest absolute Gasteiger partial charge is 0.279 e. The third kappa shape index (κ3) is 2.16. The Morgan fingerprint density at radius 3 is 2.64 bits per heavy atom. The highest BCUT2D eigenvalue weighted by Crippen LogP contribution is 2.14. The maximum absolute atomic E-state index is 12.7. The molecule has 2 aromatic heterocycles. The molecule has 2 heterocycles. The summed E-state index contributed by atoms with van der Waals surface area (Å²) >= 11 is 0. The molecule has 0 spiro atoms. The number of aromatic nitrogens is 4. The maximum atomic E-state index is 12.7. The molecule has 6 nitrogen and oxygen atoms in total. The van der Waals surface area contributed by atoms with Crippen molar-refractivity contribution in [1.29, 1.82) is 0 Å². The van der Waals surface area contributed by atoms with Crippen molar-refractivity contribution in [2.75, 3.05) is 0 Å². The van der Waals surface area contributed by atoms with Crippen LogP contribution in [0.15, 0.2) is 40.2 Å². The van der Waals surface area contributed by atoms with Gasteiger partial charge in [0.25, 0.3) is 0 Å². The minimum absolute atomic E-state index is 0.154. The van der Waals surface area contributed by atoms with E-state index in [1.807, 2.05) is 39.0 Å². The van der Waals surface area contributed by atoms with Crippen LogP contribution in [-0.4, -0.2) is 18.7 Å². The zero-order valence-corrected chi connectivity index (χ0v) is 12.9. The van der Waals surface area contributed by atoms with Crippen molar-refractivity contribution in [2.45, 2.75) is 33.7 Å². The van der Waals surface area contributed by atoms with Crippen molar-refractivity contribution in [3.05, 3.63) is 62.6 Å². The summed E-state index contributed by atoms with van der Waals surface area (Å²) in [6, 6.07) is 5.93. The highest BCUT2D eigenvalue weighted by molar-refractivity contribution is 5.46. The molecule has 6 heteroatoms. The van der Waals surface area contributed by atoms with E-state index < -0.39 is 0 Å². The van der Waals surface area contributed by atoms with Gasteiger partial charge in [-0.3, -0.25) is 9.36 Å². The molecule has 0 aliphatic heterocycles. The van der Waals surface area contributed by atoms with Crippen LogP contribution in [0.2, 0.25) is 0 Å². The SMILES string of the molecule is CCCn1nc2c(=O)n(-c3cc(C)ccc3C)ccn2c1=O. The molecule has 0 amide bonds. The normalized spacial score (nSPS) is 11.2. The van der Waals surface area contributed by atoms with Crippen molar-refractivity contribution in [3.8, 4) is 5.69 Å². The van der Waals surface area contributed by atoms with Crippen LogP contribution in [-0.2, 0) is 6.54 Å². The highest BCUT2D eigenvalue weighted by atomic mass is 16.2. The average Bonchev–Trinajstić information content (AvgIpc) is 2.81. The van der Waals surface area contributed by atoms with E-state index in [4.69, 9.17) is 0 Å². The van der Waals surface area contributed by atoms with Crippen molar-refractivity contribution in [2.24, 2.45) is 0 Å². The van der Waals surface area contributed by atoms with Crippen LogP contribution in [0.5, 0.6) is 0 Å². The average molecular weight is 298 g/mol. The van der Waals surface area contributed by atoms with E-state index in [0.717, 1.165) is 23.2 Å². The molecule has 0 radical (unpaired) electrons. The van der Waals surface area contributed by atoms with Crippen molar-refractivity contribution in [1.82, 2.24) is 18.7 Å². The van der Waals surface area contributed by atoms with E-state index in [0.29, 0.717) is 6.54 Å². The lowest BCUT2D eigenvalue weighted by atomic mass is 10.1. The Balaban J connectivity index is 2.29. The molecular weight excluding hydrogens is 280 g/mol. The summed E-state index contributed by atoms with van der Waals surface area (Å²) in [7, 11) is 0. The van der Waals surface area contributed by atoms with E-state index >= 15 is 0 Å². The molecule has 0 bridgehead atoms. The van der Waals surface area contributed by atoms with Crippen molar-refractivity contribution >= 4 is 5.65 Å². The zero-order chi connectivity index (χ0) is 15.9. The van der Waals surface area contributed by atoms with Gasteiger partial charge in [0.05, 0.1) is 5.69 Å². The molecule has 0 saturated heterocycles. The number of fused-ring (bicyclic) bond motifs is 1. The van der Waals surface area contributed by atoms with Gasteiger partial charge < -0.3 is 0 Å². The molecule has 0 N–H and O–H groups in total. The van der Waals surface area contributed by atoms with Gasteiger partial charge in [-0.25, -0.2) is 13.9 Å². The standard InChI is InChI=1S/C16H18N4O2/c1-4-7-20-16(22)19-9-8-18(15(21)14(19)17-20)13-10-11(2)5-6-12(13)3/h5-6,8-10H,4,7H2,1-3H3. The Labute approximate surface area is 127 Å². The van der Waals surface area contributed by atoms with Gasteiger partial charge >= 0.3 is 11.2 Å². The lowest BCUT2D eigenvalue weighted by Crippen LogP contribution is -2.24. The van der Waals surface area contributed by atoms with Gasteiger partial charge in [-0.05, 0) is 37.5 Å². The number of aryl methyl sites for hydroxylation is 3. The number of rotatable bonds is 3. The van der Waals surface area contributed by atoms with Crippen LogP contribution < -0.4 is 11.2 Å². The van der Waals surface area contributed by atoms with Crippen LogP contribution in [0.3, 0.4) is 0 Å². The molecule has 0 aliphatic rings. The first kappa shape index (κ1) is 14.3. The second-order valence-electron chi connectivity index (χ2n) is 5.46. The van der Waals surface area contributed by atoms with Gasteiger partial charge in [0.15, 0.2) is 0 Å². The van der Waals surface area contributed by atoms with E-state index in [-0.39, 0.29) is 16.9 Å². The Bertz CT molecular complexity index is 962. The minimum atomic E-state index is -0.289. The number of nitrogens with zero attached hydrogens (tertiary/aromatic N) is 4. The number of benzene rings is 1. The molecule has 0 aliphatic carbocycles. The molecule has 0 unspecified atom stereocenters. The van der Waals surface area contributed by atoms with Gasteiger partial charge in [-0.2, -0.15) is 0 Å². The predicted molar refractivity (Wildman–Crippen MR) is 84.8 cm³/mol. The molecule has 3 rings (SSSR count). The van der Waals surface area contributed by atoms with Gasteiger partial charge in [0.2, 0.25) is 5.65 Å². The molecule has 22 heavy (non-hydrogen) atoms. The summed E-state index contributed by atoms with van der Waals surface area (Å²) in [5, 5.41) is 4.17. The Morgan fingerprint density at radius 2 is 1.91 bits per heavy atom. The lowest BCUT2D eigenvalue weighted by molar-refractivity contribution is 0.582. The quantitative estimate of drug-likeness (QED) is 0.739. The molecule has 0 fully saturated rings. The first-order valence-corrected chi connectivity index (χ1v) is 7.31. The third-order valence-electron chi connectivity index (χ3n) is 3.70. The summed E-state index contributed by atoms with van der Waals surface area (Å²) in [6.07, 6.45) is 4.01. The van der Waals surface area contributed by atoms with Gasteiger partial charge in [0.1, 0.15) is 0 Å². The molecular formula is C16H18N4O2. The fourth-order valence-corrected chi connectivity index (χ4v) is 2.54. The Hall–Kier alpha value is -2.63. The van der Waals surface area contributed by atoms with E-state index in [1.165, 1.54) is 9.08 Å². The van der Waals surface area contributed by atoms with Crippen LogP contribution in [0.25, 0.3) is 11.3 Å². The summed E-state index contributed by atoms with van der Waals surface area (Å²) in [4.78, 5) is 24.8. The zero-order valence-electron chi connectivity index (χ0n) is 12.9. The fraction of sp³-hybridized carbons (Fsp3) is 0.312. The summed E-state index contributed by atoms with van der Waals surface area (Å²) in [5.74, 6) is 0. The Morgan fingerprint density at radius 1 is 1.14 bits per heavy atom. The molecule has 1 aromatic carbocycles. The maximum Gasteiger partial charge on any atom is 0.350 e. The Kier molecular flexibility index (Phi) is 3.44. The van der Waals surface area contributed by atoms with E-state index in [1.54, 1.807) is 17.0 Å². The minimum Gasteiger partial charge on any atom is -0.279 e. The highest BCUT2D eigenvalue weighted by Gasteiger charge is 2.13. The predicted octanol–water partition coefficient (Wildman–Crippen LogP) is 1.67. The van der Waals surface area contributed by atoms with Gasteiger partial charge in [-0.1, -0.05) is 19.1 Å². The fourth-order valence-electron chi connectivity index (χ4n) is 2.54. The second kappa shape index (κ2) is 5.29. The van der Waals surface area contributed by atoms with Gasteiger partial charge in [-0.15, -0.1) is 5.10 Å². The lowest BCUT2D eigenvalue weighted by Gasteiger charge is -2.09. The number of hydrogen-bond donors (Lipinski definition) is 0. The largest absolute Gasteiger partial charge is 0.350 e. The number of hydrogen-bond acceptors (Lipinski definition) is 3. The summed E-state index contributed by atoms with van der Waals surface area (Å²) < 4.78 is 4.18.